The second kappa shape index (κ2) is 6.27. The summed E-state index contributed by atoms with van der Waals surface area (Å²) in [5.41, 5.74) is 0. The largest absolute Gasteiger partial charge is 0.493 e. The molecule has 1 heterocycles. The lowest BCUT2D eigenvalue weighted by atomic mass is 10.4. The normalized spacial score (nSPS) is 11.2. The fourth-order valence-electron chi connectivity index (χ4n) is 1.49. The van der Waals surface area contributed by atoms with Crippen molar-refractivity contribution in [2.24, 2.45) is 0 Å². The quantitative estimate of drug-likeness (QED) is 0.833. The van der Waals surface area contributed by atoms with E-state index in [1.54, 1.807) is 0 Å². The standard InChI is InChI=1S/C12H9Cl3N2O3S/c1-20-10-4-5-11(15)16-12(10)17-21(18,19)7-2-3-8(13)9(14)6-7/h2-6H,1H3,(H,16,17). The average molecular weight is 368 g/mol. The highest BCUT2D eigenvalue weighted by molar-refractivity contribution is 7.92. The molecule has 5 nitrogen and oxygen atoms in total. The van der Waals surface area contributed by atoms with Crippen molar-refractivity contribution in [2.45, 2.75) is 4.90 Å². The van der Waals surface area contributed by atoms with Crippen LogP contribution in [0.1, 0.15) is 0 Å². The number of halogens is 3. The van der Waals surface area contributed by atoms with Gasteiger partial charge in [0.05, 0.1) is 22.1 Å². The number of aromatic nitrogens is 1. The minimum absolute atomic E-state index is 0.0175. The van der Waals surface area contributed by atoms with Crippen LogP contribution in [-0.2, 0) is 10.0 Å². The van der Waals surface area contributed by atoms with E-state index >= 15 is 0 Å². The Bertz CT molecular complexity index is 781. The molecule has 0 bridgehead atoms. The van der Waals surface area contributed by atoms with Crippen LogP contribution in [0.25, 0.3) is 0 Å². The van der Waals surface area contributed by atoms with E-state index < -0.39 is 10.0 Å². The Hall–Kier alpha value is -1.21. The van der Waals surface area contributed by atoms with Crippen LogP contribution in [0.3, 0.4) is 0 Å². The topological polar surface area (TPSA) is 68.3 Å². The first-order valence-corrected chi connectivity index (χ1v) is 8.13. The van der Waals surface area contributed by atoms with Crippen molar-refractivity contribution in [3.63, 3.8) is 0 Å². The van der Waals surface area contributed by atoms with Gasteiger partial charge in [-0.25, -0.2) is 13.4 Å². The van der Waals surface area contributed by atoms with Gasteiger partial charge in [-0.3, -0.25) is 4.72 Å². The molecule has 1 aromatic heterocycles. The molecule has 1 aromatic carbocycles. The smallest absolute Gasteiger partial charge is 0.263 e. The van der Waals surface area contributed by atoms with Crippen LogP contribution in [0, 0.1) is 0 Å². The van der Waals surface area contributed by atoms with E-state index in [2.05, 4.69) is 9.71 Å². The van der Waals surface area contributed by atoms with Gasteiger partial charge >= 0.3 is 0 Å². The average Bonchev–Trinajstić information content (AvgIpc) is 2.41. The van der Waals surface area contributed by atoms with Crippen molar-refractivity contribution in [1.82, 2.24) is 4.98 Å². The molecule has 0 unspecified atom stereocenters. The Morgan fingerprint density at radius 3 is 2.43 bits per heavy atom. The van der Waals surface area contributed by atoms with Crippen molar-refractivity contribution in [3.8, 4) is 5.75 Å². The Morgan fingerprint density at radius 2 is 1.81 bits per heavy atom. The van der Waals surface area contributed by atoms with E-state index in [4.69, 9.17) is 39.5 Å². The summed E-state index contributed by atoms with van der Waals surface area (Å²) in [6, 6.07) is 6.94. The van der Waals surface area contributed by atoms with Gasteiger partial charge in [0.1, 0.15) is 5.15 Å². The highest BCUT2D eigenvalue weighted by Crippen LogP contribution is 2.29. The monoisotopic (exact) mass is 366 g/mol. The highest BCUT2D eigenvalue weighted by atomic mass is 35.5. The second-order valence-corrected chi connectivity index (χ2v) is 6.75. The van der Waals surface area contributed by atoms with E-state index in [0.717, 1.165) is 0 Å². The van der Waals surface area contributed by atoms with Gasteiger partial charge in [-0.15, -0.1) is 0 Å². The molecule has 0 aliphatic heterocycles. The van der Waals surface area contributed by atoms with Crippen LogP contribution in [-0.4, -0.2) is 20.5 Å². The molecule has 0 atom stereocenters. The summed E-state index contributed by atoms with van der Waals surface area (Å²) >= 11 is 17.3. The summed E-state index contributed by atoms with van der Waals surface area (Å²) in [7, 11) is -2.51. The van der Waals surface area contributed by atoms with E-state index in [1.165, 1.54) is 37.4 Å². The van der Waals surface area contributed by atoms with E-state index in [-0.39, 0.29) is 31.7 Å². The molecule has 112 valence electrons. The lowest BCUT2D eigenvalue weighted by Crippen LogP contribution is -2.14. The predicted molar refractivity (Wildman–Crippen MR) is 83.1 cm³/mol. The van der Waals surface area contributed by atoms with Gasteiger partial charge in [0, 0.05) is 0 Å². The minimum atomic E-state index is -3.90. The zero-order valence-corrected chi connectivity index (χ0v) is 13.7. The number of benzene rings is 1. The maximum atomic E-state index is 12.3. The van der Waals surface area contributed by atoms with Crippen LogP contribution in [0.2, 0.25) is 15.2 Å². The molecule has 2 rings (SSSR count). The Balaban J connectivity index is 2.41. The number of rotatable bonds is 4. The van der Waals surface area contributed by atoms with E-state index in [0.29, 0.717) is 0 Å². The third-order valence-corrected chi connectivity index (χ3v) is 4.76. The number of pyridine rings is 1. The fraction of sp³-hybridized carbons (Fsp3) is 0.0833. The maximum Gasteiger partial charge on any atom is 0.263 e. The zero-order chi connectivity index (χ0) is 15.6. The number of hydrogen-bond donors (Lipinski definition) is 1. The third kappa shape index (κ3) is 3.71. The van der Waals surface area contributed by atoms with Gasteiger partial charge in [0.15, 0.2) is 11.6 Å². The van der Waals surface area contributed by atoms with Crippen LogP contribution >= 0.6 is 34.8 Å². The number of methoxy groups -OCH3 is 1. The number of nitrogens with one attached hydrogen (secondary N) is 1. The first-order valence-electron chi connectivity index (χ1n) is 5.52. The fourth-order valence-corrected chi connectivity index (χ4v) is 3.04. The lowest BCUT2D eigenvalue weighted by Gasteiger charge is -2.11. The van der Waals surface area contributed by atoms with Crippen molar-refractivity contribution in [2.75, 3.05) is 11.8 Å². The minimum Gasteiger partial charge on any atom is -0.493 e. The molecular weight excluding hydrogens is 359 g/mol. The molecule has 21 heavy (non-hydrogen) atoms. The molecule has 9 heteroatoms. The number of sulfonamides is 1. The number of hydrogen-bond acceptors (Lipinski definition) is 4. The molecule has 0 saturated carbocycles. The molecule has 0 spiro atoms. The summed E-state index contributed by atoms with van der Waals surface area (Å²) in [5, 5.41) is 0.516. The molecule has 2 aromatic rings. The van der Waals surface area contributed by atoms with Gasteiger partial charge in [-0.05, 0) is 30.3 Å². The number of anilines is 1. The molecule has 0 aliphatic rings. The molecule has 0 fully saturated rings. The van der Waals surface area contributed by atoms with Gasteiger partial charge in [0.25, 0.3) is 10.0 Å². The summed E-state index contributed by atoms with van der Waals surface area (Å²) in [5.74, 6) is 0.221. The van der Waals surface area contributed by atoms with Gasteiger partial charge in [0.2, 0.25) is 0 Å². The lowest BCUT2D eigenvalue weighted by molar-refractivity contribution is 0.415. The Kier molecular flexibility index (Phi) is 4.83. The second-order valence-electron chi connectivity index (χ2n) is 3.87. The Morgan fingerprint density at radius 1 is 1.10 bits per heavy atom. The van der Waals surface area contributed by atoms with E-state index in [9.17, 15) is 8.42 Å². The van der Waals surface area contributed by atoms with Crippen LogP contribution < -0.4 is 9.46 Å². The summed E-state index contributed by atoms with van der Waals surface area (Å²) in [4.78, 5) is 3.83. The van der Waals surface area contributed by atoms with Gasteiger partial charge in [-0.1, -0.05) is 34.8 Å². The van der Waals surface area contributed by atoms with Gasteiger partial charge < -0.3 is 4.74 Å². The van der Waals surface area contributed by atoms with Crippen LogP contribution in [0.5, 0.6) is 5.75 Å². The molecule has 0 radical (unpaired) electrons. The summed E-state index contributed by atoms with van der Waals surface area (Å²) < 4.78 is 31.9. The molecule has 1 N–H and O–H groups in total. The van der Waals surface area contributed by atoms with Gasteiger partial charge in [-0.2, -0.15) is 0 Å². The predicted octanol–water partition coefficient (Wildman–Crippen LogP) is 3.85. The zero-order valence-electron chi connectivity index (χ0n) is 10.6. The highest BCUT2D eigenvalue weighted by Gasteiger charge is 2.19. The molecule has 0 aliphatic carbocycles. The summed E-state index contributed by atoms with van der Waals surface area (Å²) in [6.45, 7) is 0. The van der Waals surface area contributed by atoms with Crippen molar-refractivity contribution < 1.29 is 13.2 Å². The third-order valence-electron chi connectivity index (χ3n) is 2.48. The number of ether oxygens (including phenoxy) is 1. The van der Waals surface area contributed by atoms with Crippen molar-refractivity contribution >= 4 is 50.6 Å². The molecule has 0 saturated heterocycles. The van der Waals surface area contributed by atoms with Crippen LogP contribution in [0.4, 0.5) is 5.82 Å². The van der Waals surface area contributed by atoms with Crippen molar-refractivity contribution in [1.29, 1.82) is 0 Å². The molecular formula is C12H9Cl3N2O3S. The maximum absolute atomic E-state index is 12.3. The first kappa shape index (κ1) is 16.2. The van der Waals surface area contributed by atoms with Crippen molar-refractivity contribution in [3.05, 3.63) is 45.5 Å². The summed E-state index contributed by atoms with van der Waals surface area (Å²) in [6.07, 6.45) is 0. The molecule has 0 amide bonds. The van der Waals surface area contributed by atoms with Crippen LogP contribution in [0.15, 0.2) is 35.2 Å². The number of nitrogens with zero attached hydrogens (tertiary/aromatic N) is 1. The van der Waals surface area contributed by atoms with E-state index in [1.807, 2.05) is 0 Å². The first-order chi connectivity index (χ1) is 9.83. The SMILES string of the molecule is COc1ccc(Cl)nc1NS(=O)(=O)c1ccc(Cl)c(Cl)c1. The Labute approximate surface area is 136 Å².